The average Bonchev–Trinajstić information content (AvgIpc) is 2.90. The van der Waals surface area contributed by atoms with Gasteiger partial charge in [0.05, 0.1) is 6.54 Å². The van der Waals surface area contributed by atoms with E-state index in [0.29, 0.717) is 18.8 Å². The first-order chi connectivity index (χ1) is 10.5. The lowest BCUT2D eigenvalue weighted by Crippen LogP contribution is -2.41. The molecule has 22 heavy (non-hydrogen) atoms. The van der Waals surface area contributed by atoms with Crippen LogP contribution in [0.15, 0.2) is 28.7 Å². The van der Waals surface area contributed by atoms with Gasteiger partial charge in [-0.05, 0) is 38.1 Å². The Balaban J connectivity index is 2.13. The van der Waals surface area contributed by atoms with Crippen LogP contribution in [0.4, 0.5) is 0 Å². The molecule has 0 spiro atoms. The van der Waals surface area contributed by atoms with Crippen molar-refractivity contribution in [3.63, 3.8) is 0 Å². The van der Waals surface area contributed by atoms with Gasteiger partial charge in [-0.1, -0.05) is 15.9 Å². The Bertz CT molecular complexity index is 692. The molecule has 2 rings (SSSR count). The highest BCUT2D eigenvalue weighted by Crippen LogP contribution is 2.21. The third-order valence-electron chi connectivity index (χ3n) is 3.65. The van der Waals surface area contributed by atoms with Gasteiger partial charge in [-0.25, -0.2) is 0 Å². The number of halogens is 1. The summed E-state index contributed by atoms with van der Waals surface area (Å²) >= 11 is 3.41. The molecule has 6 heteroatoms. The molecule has 2 aromatic rings. The van der Waals surface area contributed by atoms with Crippen LogP contribution >= 0.6 is 15.9 Å². The number of nitrogens with one attached hydrogen (secondary N) is 1. The normalized spacial score (nSPS) is 10.7. The Morgan fingerprint density at radius 3 is 2.50 bits per heavy atom. The number of carbonyl (C=O) groups is 2. The number of hydrogen-bond donors (Lipinski definition) is 1. The fourth-order valence-corrected chi connectivity index (χ4v) is 2.75. The predicted octanol–water partition coefficient (Wildman–Crippen LogP) is 2.87. The first kappa shape index (κ1) is 16.5. The van der Waals surface area contributed by atoms with Crippen molar-refractivity contribution in [3.05, 3.63) is 34.4 Å². The minimum atomic E-state index is -0.187. The highest BCUT2D eigenvalue weighted by molar-refractivity contribution is 9.10. The average molecular weight is 366 g/mol. The Kier molecular flexibility index (Phi) is 5.24. The second kappa shape index (κ2) is 6.96. The topological polar surface area (TPSA) is 56.4 Å². The van der Waals surface area contributed by atoms with Gasteiger partial charge in [0.2, 0.25) is 5.91 Å². The number of benzene rings is 1. The molecular weight excluding hydrogens is 346 g/mol. The van der Waals surface area contributed by atoms with Gasteiger partial charge in [0.1, 0.15) is 5.69 Å². The Labute approximate surface area is 138 Å². The van der Waals surface area contributed by atoms with E-state index in [0.717, 1.165) is 15.4 Å². The number of aromatic amines is 1. The minimum Gasteiger partial charge on any atom is -0.351 e. The lowest BCUT2D eigenvalue weighted by Gasteiger charge is -2.22. The molecule has 1 aromatic carbocycles. The lowest BCUT2D eigenvalue weighted by atomic mass is 10.2. The van der Waals surface area contributed by atoms with E-state index < -0.39 is 0 Å². The van der Waals surface area contributed by atoms with Crippen LogP contribution in [0.5, 0.6) is 0 Å². The van der Waals surface area contributed by atoms with E-state index >= 15 is 0 Å². The third-order valence-corrected chi connectivity index (χ3v) is 4.14. The molecule has 0 atom stereocenters. The van der Waals surface area contributed by atoms with Crippen LogP contribution in [0.1, 0.15) is 24.3 Å². The summed E-state index contributed by atoms with van der Waals surface area (Å²) < 4.78 is 0.961. The van der Waals surface area contributed by atoms with Crippen LogP contribution in [0.3, 0.4) is 0 Å². The SMILES string of the molecule is CCN(CC)C(=O)CN(C)C(=O)c1cc2cc(Br)ccc2[nH]1. The maximum absolute atomic E-state index is 12.4. The maximum Gasteiger partial charge on any atom is 0.270 e. The maximum atomic E-state index is 12.4. The van der Waals surface area contributed by atoms with Gasteiger partial charge in [0, 0.05) is 35.5 Å². The van der Waals surface area contributed by atoms with Gasteiger partial charge in [0.15, 0.2) is 0 Å². The molecule has 0 aliphatic rings. The third kappa shape index (κ3) is 3.50. The fraction of sp³-hybridized carbons (Fsp3) is 0.375. The standard InChI is InChI=1S/C16H20BrN3O2/c1-4-20(5-2)15(21)10-19(3)16(22)14-9-11-8-12(17)6-7-13(11)18-14/h6-9,18H,4-5,10H2,1-3H3. The molecule has 0 aliphatic heterocycles. The van der Waals surface area contributed by atoms with Crippen molar-refractivity contribution < 1.29 is 9.59 Å². The molecule has 1 heterocycles. The second-order valence-corrected chi connectivity index (χ2v) is 6.06. The van der Waals surface area contributed by atoms with Crippen LogP contribution < -0.4 is 0 Å². The van der Waals surface area contributed by atoms with E-state index in [9.17, 15) is 9.59 Å². The number of nitrogens with zero attached hydrogens (tertiary/aromatic N) is 2. The largest absolute Gasteiger partial charge is 0.351 e. The number of fused-ring (bicyclic) bond motifs is 1. The van der Waals surface area contributed by atoms with Crippen molar-refractivity contribution in [2.75, 3.05) is 26.7 Å². The minimum absolute atomic E-state index is 0.0419. The number of H-pyrrole nitrogens is 1. The fourth-order valence-electron chi connectivity index (χ4n) is 2.38. The van der Waals surface area contributed by atoms with Crippen molar-refractivity contribution in [2.45, 2.75) is 13.8 Å². The number of likely N-dealkylation sites (N-methyl/N-ethyl adjacent to an activating group) is 2. The molecule has 1 N–H and O–H groups in total. The summed E-state index contributed by atoms with van der Waals surface area (Å²) in [7, 11) is 1.64. The molecule has 0 bridgehead atoms. The summed E-state index contributed by atoms with van der Waals surface area (Å²) in [5, 5.41) is 0.959. The van der Waals surface area contributed by atoms with Gasteiger partial charge in [-0.15, -0.1) is 0 Å². The molecule has 2 amide bonds. The molecule has 0 fully saturated rings. The van der Waals surface area contributed by atoms with Crippen molar-refractivity contribution in [1.82, 2.24) is 14.8 Å². The molecule has 0 radical (unpaired) electrons. The first-order valence-electron chi connectivity index (χ1n) is 7.27. The van der Waals surface area contributed by atoms with Crippen LogP contribution in [-0.2, 0) is 4.79 Å². The molecule has 1 aromatic heterocycles. The van der Waals surface area contributed by atoms with Crippen molar-refractivity contribution >= 4 is 38.6 Å². The predicted molar refractivity (Wildman–Crippen MR) is 90.9 cm³/mol. The van der Waals surface area contributed by atoms with E-state index in [-0.39, 0.29) is 18.4 Å². The summed E-state index contributed by atoms with van der Waals surface area (Å²) in [5.74, 6) is -0.229. The second-order valence-electron chi connectivity index (χ2n) is 5.14. The van der Waals surface area contributed by atoms with Crippen molar-refractivity contribution in [3.8, 4) is 0 Å². The Hall–Kier alpha value is -1.82. The van der Waals surface area contributed by atoms with Crippen LogP contribution in [0.2, 0.25) is 0 Å². The van der Waals surface area contributed by atoms with E-state index in [1.165, 1.54) is 4.90 Å². The summed E-state index contributed by atoms with van der Waals surface area (Å²) in [4.78, 5) is 30.8. The van der Waals surface area contributed by atoms with Crippen LogP contribution in [0, 0.1) is 0 Å². The van der Waals surface area contributed by atoms with Gasteiger partial charge < -0.3 is 14.8 Å². The van der Waals surface area contributed by atoms with Gasteiger partial charge in [-0.3, -0.25) is 9.59 Å². The molecule has 0 saturated heterocycles. The van der Waals surface area contributed by atoms with E-state index in [4.69, 9.17) is 0 Å². The molecule has 118 valence electrons. The van der Waals surface area contributed by atoms with Crippen LogP contribution in [0.25, 0.3) is 10.9 Å². The number of carbonyl (C=O) groups excluding carboxylic acids is 2. The van der Waals surface area contributed by atoms with Crippen molar-refractivity contribution in [1.29, 1.82) is 0 Å². The number of amides is 2. The molecule has 0 saturated carbocycles. The Morgan fingerprint density at radius 2 is 1.86 bits per heavy atom. The molecule has 0 aliphatic carbocycles. The highest BCUT2D eigenvalue weighted by Gasteiger charge is 2.19. The van der Waals surface area contributed by atoms with Crippen molar-refractivity contribution in [2.24, 2.45) is 0 Å². The first-order valence-corrected chi connectivity index (χ1v) is 8.07. The van der Waals surface area contributed by atoms with Gasteiger partial charge >= 0.3 is 0 Å². The summed E-state index contributed by atoms with van der Waals surface area (Å²) in [6.07, 6.45) is 0. The highest BCUT2D eigenvalue weighted by atomic mass is 79.9. The molecule has 5 nitrogen and oxygen atoms in total. The Morgan fingerprint density at radius 1 is 1.18 bits per heavy atom. The summed E-state index contributed by atoms with van der Waals surface area (Å²) in [5.41, 5.74) is 1.39. The monoisotopic (exact) mass is 365 g/mol. The summed E-state index contributed by atoms with van der Waals surface area (Å²) in [6.45, 7) is 5.24. The van der Waals surface area contributed by atoms with E-state index in [1.807, 2.05) is 32.0 Å². The zero-order valence-corrected chi connectivity index (χ0v) is 14.6. The van der Waals surface area contributed by atoms with Gasteiger partial charge in [-0.2, -0.15) is 0 Å². The lowest BCUT2D eigenvalue weighted by molar-refractivity contribution is -0.131. The zero-order chi connectivity index (χ0) is 16.3. The molecule has 0 unspecified atom stereocenters. The van der Waals surface area contributed by atoms with Crippen LogP contribution in [-0.4, -0.2) is 53.3 Å². The zero-order valence-electron chi connectivity index (χ0n) is 13.0. The smallest absolute Gasteiger partial charge is 0.270 e. The molecular formula is C16H20BrN3O2. The van der Waals surface area contributed by atoms with Gasteiger partial charge in [0.25, 0.3) is 5.91 Å². The van der Waals surface area contributed by atoms with E-state index in [1.54, 1.807) is 18.0 Å². The number of hydrogen-bond acceptors (Lipinski definition) is 2. The number of rotatable bonds is 5. The summed E-state index contributed by atoms with van der Waals surface area (Å²) in [6, 6.07) is 7.59. The number of aromatic nitrogens is 1. The van der Waals surface area contributed by atoms with E-state index in [2.05, 4.69) is 20.9 Å². The quantitative estimate of drug-likeness (QED) is 0.885.